The van der Waals surface area contributed by atoms with E-state index >= 15 is 0 Å². The Morgan fingerprint density at radius 2 is 1.81 bits per heavy atom. The molecule has 1 aliphatic heterocycles. The van der Waals surface area contributed by atoms with Gasteiger partial charge in [-0.1, -0.05) is 24.3 Å². The van der Waals surface area contributed by atoms with Crippen LogP contribution in [-0.2, 0) is 32.1 Å². The third-order valence-electron chi connectivity index (χ3n) is 3.52. The summed E-state index contributed by atoms with van der Waals surface area (Å²) in [6.45, 7) is 0.492. The van der Waals surface area contributed by atoms with E-state index in [4.69, 9.17) is 0 Å². The lowest BCUT2D eigenvalue weighted by Crippen LogP contribution is -2.51. The van der Waals surface area contributed by atoms with Gasteiger partial charge in [-0.25, -0.2) is 0 Å². The lowest BCUT2D eigenvalue weighted by molar-refractivity contribution is -0.149. The van der Waals surface area contributed by atoms with Crippen molar-refractivity contribution < 1.29 is 19.1 Å². The van der Waals surface area contributed by atoms with Gasteiger partial charge < -0.3 is 14.5 Å². The van der Waals surface area contributed by atoms with Crippen LogP contribution in [0.5, 0.6) is 0 Å². The SMILES string of the molecule is COC(=O)Cc1ccccc1CN1CC(=O)N(C)CC1=O. The molecule has 1 aromatic rings. The largest absolute Gasteiger partial charge is 0.469 e. The summed E-state index contributed by atoms with van der Waals surface area (Å²) in [5.41, 5.74) is 1.66. The van der Waals surface area contributed by atoms with Gasteiger partial charge in [-0.15, -0.1) is 0 Å². The average Bonchev–Trinajstić information content (AvgIpc) is 2.46. The van der Waals surface area contributed by atoms with Crippen molar-refractivity contribution in [2.75, 3.05) is 27.2 Å². The number of benzene rings is 1. The Morgan fingerprint density at radius 1 is 1.14 bits per heavy atom. The standard InChI is InChI=1S/C15H18N2O4/c1-16-9-14(19)17(10-13(16)18)8-12-6-4-3-5-11(12)7-15(20)21-2/h3-6H,7-10H2,1-2H3. The molecule has 0 bridgehead atoms. The molecule has 112 valence electrons. The molecule has 2 rings (SSSR count). The van der Waals surface area contributed by atoms with Gasteiger partial charge in [-0.2, -0.15) is 0 Å². The second kappa shape index (κ2) is 6.39. The van der Waals surface area contributed by atoms with E-state index in [1.54, 1.807) is 7.05 Å². The number of methoxy groups -OCH3 is 1. The van der Waals surface area contributed by atoms with Crippen LogP contribution in [-0.4, -0.2) is 54.8 Å². The molecular formula is C15H18N2O4. The lowest BCUT2D eigenvalue weighted by Gasteiger charge is -2.32. The van der Waals surface area contributed by atoms with Gasteiger partial charge in [0.2, 0.25) is 11.8 Å². The Bertz CT molecular complexity index is 571. The first-order valence-corrected chi connectivity index (χ1v) is 6.66. The molecule has 0 radical (unpaired) electrons. The highest BCUT2D eigenvalue weighted by Gasteiger charge is 2.27. The van der Waals surface area contributed by atoms with Gasteiger partial charge >= 0.3 is 5.97 Å². The van der Waals surface area contributed by atoms with Gasteiger partial charge in [0.15, 0.2) is 0 Å². The molecule has 0 atom stereocenters. The quantitative estimate of drug-likeness (QED) is 0.743. The fraction of sp³-hybridized carbons (Fsp3) is 0.400. The van der Waals surface area contributed by atoms with Crippen molar-refractivity contribution in [1.29, 1.82) is 0 Å². The first-order valence-electron chi connectivity index (χ1n) is 6.66. The number of rotatable bonds is 4. The Kier molecular flexibility index (Phi) is 4.57. The second-order valence-corrected chi connectivity index (χ2v) is 5.02. The van der Waals surface area contributed by atoms with Crippen LogP contribution in [0, 0.1) is 0 Å². The number of carbonyl (C=O) groups excluding carboxylic acids is 3. The highest BCUT2D eigenvalue weighted by Crippen LogP contribution is 2.15. The maximum atomic E-state index is 12.0. The first kappa shape index (κ1) is 15.0. The van der Waals surface area contributed by atoms with Crippen LogP contribution in [0.15, 0.2) is 24.3 Å². The van der Waals surface area contributed by atoms with Crippen molar-refractivity contribution in [1.82, 2.24) is 9.80 Å². The van der Waals surface area contributed by atoms with E-state index in [1.807, 2.05) is 24.3 Å². The van der Waals surface area contributed by atoms with Crippen LogP contribution >= 0.6 is 0 Å². The van der Waals surface area contributed by atoms with Crippen molar-refractivity contribution >= 4 is 17.8 Å². The van der Waals surface area contributed by atoms with Crippen molar-refractivity contribution in [3.05, 3.63) is 35.4 Å². The second-order valence-electron chi connectivity index (χ2n) is 5.02. The van der Waals surface area contributed by atoms with E-state index in [-0.39, 0.29) is 37.3 Å². The minimum Gasteiger partial charge on any atom is -0.469 e. The number of nitrogens with zero attached hydrogens (tertiary/aromatic N) is 2. The smallest absolute Gasteiger partial charge is 0.309 e. The minimum absolute atomic E-state index is 0.0713. The summed E-state index contributed by atoms with van der Waals surface area (Å²) in [7, 11) is 2.95. The van der Waals surface area contributed by atoms with E-state index in [0.717, 1.165) is 11.1 Å². The van der Waals surface area contributed by atoms with Crippen molar-refractivity contribution in [2.45, 2.75) is 13.0 Å². The van der Waals surface area contributed by atoms with Crippen LogP contribution in [0.2, 0.25) is 0 Å². The number of hydrogen-bond acceptors (Lipinski definition) is 4. The highest BCUT2D eigenvalue weighted by atomic mass is 16.5. The number of likely N-dealkylation sites (N-methyl/N-ethyl adjacent to an activating group) is 1. The first-order chi connectivity index (χ1) is 10.0. The topological polar surface area (TPSA) is 66.9 Å². The number of hydrogen-bond donors (Lipinski definition) is 0. The molecule has 0 aromatic heterocycles. The van der Waals surface area contributed by atoms with Crippen LogP contribution in [0.25, 0.3) is 0 Å². The van der Waals surface area contributed by atoms with E-state index in [2.05, 4.69) is 4.74 Å². The van der Waals surface area contributed by atoms with Crippen LogP contribution in [0.1, 0.15) is 11.1 Å². The molecule has 0 aliphatic carbocycles. The van der Waals surface area contributed by atoms with Crippen molar-refractivity contribution in [3.8, 4) is 0 Å². The Balaban J connectivity index is 2.14. The van der Waals surface area contributed by atoms with Crippen LogP contribution < -0.4 is 0 Å². The van der Waals surface area contributed by atoms with E-state index in [1.165, 1.54) is 16.9 Å². The average molecular weight is 290 g/mol. The van der Waals surface area contributed by atoms with Gasteiger partial charge in [0, 0.05) is 13.6 Å². The molecule has 0 saturated carbocycles. The maximum Gasteiger partial charge on any atom is 0.309 e. The molecule has 0 unspecified atom stereocenters. The normalized spacial score (nSPS) is 15.3. The molecule has 21 heavy (non-hydrogen) atoms. The Morgan fingerprint density at radius 3 is 2.48 bits per heavy atom. The predicted molar refractivity (Wildman–Crippen MR) is 75.2 cm³/mol. The minimum atomic E-state index is -0.330. The maximum absolute atomic E-state index is 12.0. The molecule has 2 amide bonds. The van der Waals surface area contributed by atoms with Gasteiger partial charge in [0.1, 0.15) is 6.54 Å². The third-order valence-corrected chi connectivity index (χ3v) is 3.52. The zero-order valence-electron chi connectivity index (χ0n) is 12.2. The Labute approximate surface area is 123 Å². The van der Waals surface area contributed by atoms with E-state index in [0.29, 0.717) is 6.54 Å². The summed E-state index contributed by atoms with van der Waals surface area (Å²) in [5.74, 6) is -0.506. The van der Waals surface area contributed by atoms with Crippen LogP contribution in [0.3, 0.4) is 0 Å². The van der Waals surface area contributed by atoms with Crippen molar-refractivity contribution in [3.63, 3.8) is 0 Å². The molecule has 1 heterocycles. The zero-order chi connectivity index (χ0) is 15.4. The fourth-order valence-electron chi connectivity index (χ4n) is 2.22. The Hall–Kier alpha value is -2.37. The number of amides is 2. The van der Waals surface area contributed by atoms with Gasteiger partial charge in [-0.3, -0.25) is 14.4 Å². The van der Waals surface area contributed by atoms with Crippen molar-refractivity contribution in [2.24, 2.45) is 0 Å². The lowest BCUT2D eigenvalue weighted by atomic mass is 10.0. The summed E-state index contributed by atoms with van der Waals surface area (Å²) in [5, 5.41) is 0. The molecule has 1 aromatic carbocycles. The monoisotopic (exact) mass is 290 g/mol. The summed E-state index contributed by atoms with van der Waals surface area (Å²) in [4.78, 5) is 38.0. The summed E-state index contributed by atoms with van der Waals surface area (Å²) in [6.07, 6.45) is 0.155. The molecule has 1 saturated heterocycles. The van der Waals surface area contributed by atoms with E-state index in [9.17, 15) is 14.4 Å². The zero-order valence-corrected chi connectivity index (χ0v) is 12.2. The summed E-state index contributed by atoms with van der Waals surface area (Å²) >= 11 is 0. The fourth-order valence-corrected chi connectivity index (χ4v) is 2.22. The third kappa shape index (κ3) is 3.59. The summed E-state index contributed by atoms with van der Waals surface area (Å²) in [6, 6.07) is 7.36. The van der Waals surface area contributed by atoms with Gasteiger partial charge in [-0.05, 0) is 11.1 Å². The number of carbonyl (C=O) groups is 3. The number of piperazine rings is 1. The molecule has 6 heteroatoms. The molecular weight excluding hydrogens is 272 g/mol. The summed E-state index contributed by atoms with van der Waals surface area (Å²) < 4.78 is 4.67. The molecule has 1 aliphatic rings. The highest BCUT2D eigenvalue weighted by molar-refractivity contribution is 5.92. The van der Waals surface area contributed by atoms with Crippen LogP contribution in [0.4, 0.5) is 0 Å². The molecule has 0 spiro atoms. The predicted octanol–water partition coefficient (Wildman–Crippen LogP) is 0.203. The number of ether oxygens (including phenoxy) is 1. The molecule has 0 N–H and O–H groups in total. The number of esters is 1. The van der Waals surface area contributed by atoms with E-state index < -0.39 is 0 Å². The van der Waals surface area contributed by atoms with Gasteiger partial charge in [0.25, 0.3) is 0 Å². The molecule has 6 nitrogen and oxygen atoms in total. The molecule has 1 fully saturated rings. The van der Waals surface area contributed by atoms with Gasteiger partial charge in [0.05, 0.1) is 20.1 Å².